The summed E-state index contributed by atoms with van der Waals surface area (Å²) in [6.45, 7) is 3.46. The maximum Gasteiger partial charge on any atom is 0.234 e. The fourth-order valence-electron chi connectivity index (χ4n) is 2.80. The van der Waals surface area contributed by atoms with E-state index in [1.54, 1.807) is 18.2 Å². The van der Waals surface area contributed by atoms with Gasteiger partial charge in [-0.2, -0.15) is 0 Å². The van der Waals surface area contributed by atoms with Crippen LogP contribution < -0.4 is 15.4 Å². The van der Waals surface area contributed by atoms with Gasteiger partial charge in [0.15, 0.2) is 0 Å². The molecule has 2 N–H and O–H groups in total. The van der Waals surface area contributed by atoms with Crippen molar-refractivity contribution in [2.24, 2.45) is 0 Å². The van der Waals surface area contributed by atoms with Crippen molar-refractivity contribution in [3.8, 4) is 5.75 Å². The number of benzene rings is 2. The number of nitrogens with zero attached hydrogens (tertiary/aromatic N) is 1. The lowest BCUT2D eigenvalue weighted by Crippen LogP contribution is -2.15. The number of ether oxygens (including phenoxy) is 1. The first-order valence-corrected chi connectivity index (χ1v) is 9.69. The molecule has 0 aliphatic heterocycles. The molecule has 6 nitrogen and oxygen atoms in total. The molecular weight excluding hydrogens is 374 g/mol. The average Bonchev–Trinajstić information content (AvgIpc) is 2.66. The first kappa shape index (κ1) is 19.7. The van der Waals surface area contributed by atoms with Gasteiger partial charge in [-0.3, -0.25) is 9.59 Å². The van der Waals surface area contributed by atoms with Crippen LogP contribution in [0.4, 0.5) is 11.4 Å². The molecule has 2 amide bonds. The number of amides is 2. The molecule has 0 unspecified atom stereocenters. The molecule has 0 aliphatic rings. The normalized spacial score (nSPS) is 10.5. The maximum absolute atomic E-state index is 12.4. The molecule has 0 radical (unpaired) electrons. The average molecular weight is 395 g/mol. The van der Waals surface area contributed by atoms with Crippen molar-refractivity contribution in [1.82, 2.24) is 4.98 Å². The van der Waals surface area contributed by atoms with Gasteiger partial charge in [0, 0.05) is 18.0 Å². The number of aryl methyl sites for hydroxylation is 1. The Kier molecular flexibility index (Phi) is 6.16. The van der Waals surface area contributed by atoms with E-state index in [9.17, 15) is 9.59 Å². The molecule has 3 aromatic rings. The summed E-state index contributed by atoms with van der Waals surface area (Å²) in [5.41, 5.74) is 3.12. The monoisotopic (exact) mass is 395 g/mol. The molecule has 1 heterocycles. The molecule has 28 heavy (non-hydrogen) atoms. The quantitative estimate of drug-likeness (QED) is 0.610. The van der Waals surface area contributed by atoms with Crippen molar-refractivity contribution < 1.29 is 14.3 Å². The summed E-state index contributed by atoms with van der Waals surface area (Å²) in [4.78, 5) is 28.3. The van der Waals surface area contributed by atoms with Gasteiger partial charge in [0.25, 0.3) is 0 Å². The van der Waals surface area contributed by atoms with E-state index in [0.717, 1.165) is 21.5 Å². The van der Waals surface area contributed by atoms with E-state index in [-0.39, 0.29) is 17.6 Å². The minimum atomic E-state index is -0.184. The van der Waals surface area contributed by atoms with Crippen LogP contribution in [-0.2, 0) is 9.59 Å². The van der Waals surface area contributed by atoms with Crippen molar-refractivity contribution >= 4 is 45.9 Å². The van der Waals surface area contributed by atoms with Crippen LogP contribution in [0.2, 0.25) is 0 Å². The Labute approximate surface area is 167 Å². The fraction of sp³-hybridized carbons (Fsp3) is 0.190. The molecule has 0 saturated carbocycles. The molecule has 0 spiro atoms. The van der Waals surface area contributed by atoms with Crippen LogP contribution in [0.5, 0.6) is 5.75 Å². The second kappa shape index (κ2) is 8.75. The van der Waals surface area contributed by atoms with E-state index in [0.29, 0.717) is 17.1 Å². The highest BCUT2D eigenvalue weighted by atomic mass is 32.2. The smallest absolute Gasteiger partial charge is 0.234 e. The predicted molar refractivity (Wildman–Crippen MR) is 113 cm³/mol. The Balaban J connectivity index is 1.70. The van der Waals surface area contributed by atoms with E-state index < -0.39 is 0 Å². The van der Waals surface area contributed by atoms with Gasteiger partial charge in [-0.25, -0.2) is 4.98 Å². The Hall–Kier alpha value is -3.06. The van der Waals surface area contributed by atoms with E-state index in [2.05, 4.69) is 15.6 Å². The Morgan fingerprint density at radius 1 is 1.11 bits per heavy atom. The number of methoxy groups -OCH3 is 1. The highest BCUT2D eigenvalue weighted by Gasteiger charge is 2.11. The Morgan fingerprint density at radius 3 is 2.64 bits per heavy atom. The van der Waals surface area contributed by atoms with Crippen LogP contribution in [-0.4, -0.2) is 29.7 Å². The molecule has 144 valence electrons. The molecular formula is C21H21N3O3S. The number of aromatic nitrogens is 1. The highest BCUT2D eigenvalue weighted by Crippen LogP contribution is 2.29. The van der Waals surface area contributed by atoms with Gasteiger partial charge in [-0.05, 0) is 42.8 Å². The van der Waals surface area contributed by atoms with Crippen molar-refractivity contribution in [2.45, 2.75) is 18.9 Å². The molecule has 0 fully saturated rings. The summed E-state index contributed by atoms with van der Waals surface area (Å²) in [6.07, 6.45) is 0. The van der Waals surface area contributed by atoms with E-state index >= 15 is 0 Å². The largest absolute Gasteiger partial charge is 0.495 e. The second-order valence-electron chi connectivity index (χ2n) is 6.23. The first-order valence-electron chi connectivity index (χ1n) is 8.71. The number of para-hydroxylation sites is 1. The number of fused-ring (bicyclic) bond motifs is 1. The van der Waals surface area contributed by atoms with E-state index in [4.69, 9.17) is 4.74 Å². The summed E-state index contributed by atoms with van der Waals surface area (Å²) in [5, 5.41) is 7.43. The standard InChI is InChI=1S/C21H21N3O3S/c1-13-10-21(24-17-7-5-4-6-16(13)17)28-12-20(26)23-18-11-15(22-14(2)25)8-9-19(18)27-3/h4-11H,12H2,1-3H3,(H,22,25)(H,23,26). The number of carbonyl (C=O) groups excluding carboxylic acids is 2. The van der Waals surface area contributed by atoms with Gasteiger partial charge < -0.3 is 15.4 Å². The lowest BCUT2D eigenvalue weighted by molar-refractivity contribution is -0.114. The lowest BCUT2D eigenvalue weighted by atomic mass is 10.1. The first-order chi connectivity index (χ1) is 13.5. The van der Waals surface area contributed by atoms with Crippen molar-refractivity contribution in [1.29, 1.82) is 0 Å². The minimum absolute atomic E-state index is 0.184. The molecule has 3 rings (SSSR count). The topological polar surface area (TPSA) is 80.3 Å². The van der Waals surface area contributed by atoms with Crippen molar-refractivity contribution in [2.75, 3.05) is 23.5 Å². The van der Waals surface area contributed by atoms with E-state index in [1.165, 1.54) is 25.8 Å². The number of thioether (sulfide) groups is 1. The zero-order valence-corrected chi connectivity index (χ0v) is 16.7. The van der Waals surface area contributed by atoms with Gasteiger partial charge >= 0.3 is 0 Å². The second-order valence-corrected chi connectivity index (χ2v) is 7.22. The van der Waals surface area contributed by atoms with Gasteiger partial charge in [-0.1, -0.05) is 30.0 Å². The third kappa shape index (κ3) is 4.80. The van der Waals surface area contributed by atoms with Gasteiger partial charge in [-0.15, -0.1) is 0 Å². The molecule has 0 atom stereocenters. The third-order valence-electron chi connectivity index (χ3n) is 4.04. The molecule has 0 saturated heterocycles. The number of hydrogen-bond acceptors (Lipinski definition) is 5. The molecule has 0 aliphatic carbocycles. The van der Waals surface area contributed by atoms with Crippen LogP contribution in [0.1, 0.15) is 12.5 Å². The number of nitrogens with one attached hydrogen (secondary N) is 2. The SMILES string of the molecule is COc1ccc(NC(C)=O)cc1NC(=O)CSc1cc(C)c2ccccc2n1. The number of carbonyl (C=O) groups is 2. The predicted octanol–water partition coefficient (Wildman–Crippen LogP) is 4.24. The zero-order chi connectivity index (χ0) is 20.1. The molecule has 7 heteroatoms. The van der Waals surface area contributed by atoms with Crippen molar-refractivity contribution in [3.63, 3.8) is 0 Å². The van der Waals surface area contributed by atoms with Crippen LogP contribution in [0, 0.1) is 6.92 Å². The third-order valence-corrected chi connectivity index (χ3v) is 4.96. The number of pyridine rings is 1. The lowest BCUT2D eigenvalue weighted by Gasteiger charge is -2.12. The summed E-state index contributed by atoms with van der Waals surface area (Å²) in [5.74, 6) is 0.358. The number of hydrogen-bond donors (Lipinski definition) is 2. The highest BCUT2D eigenvalue weighted by molar-refractivity contribution is 7.99. The fourth-order valence-corrected chi connectivity index (χ4v) is 3.58. The van der Waals surface area contributed by atoms with Gasteiger partial charge in [0.1, 0.15) is 5.75 Å². The van der Waals surface area contributed by atoms with Crippen molar-refractivity contribution in [3.05, 3.63) is 54.1 Å². The summed E-state index contributed by atoms with van der Waals surface area (Å²) in [6, 6.07) is 15.0. The summed E-state index contributed by atoms with van der Waals surface area (Å²) < 4.78 is 5.29. The molecule has 2 aromatic carbocycles. The van der Waals surface area contributed by atoms with Crippen LogP contribution >= 0.6 is 11.8 Å². The zero-order valence-electron chi connectivity index (χ0n) is 15.9. The summed E-state index contributed by atoms with van der Waals surface area (Å²) >= 11 is 1.37. The van der Waals surface area contributed by atoms with Gasteiger partial charge in [0.05, 0.1) is 29.1 Å². The minimum Gasteiger partial charge on any atom is -0.495 e. The van der Waals surface area contributed by atoms with Crippen LogP contribution in [0.3, 0.4) is 0 Å². The van der Waals surface area contributed by atoms with Gasteiger partial charge in [0.2, 0.25) is 11.8 Å². The Bertz CT molecular complexity index is 1040. The number of rotatable bonds is 6. The number of anilines is 2. The van der Waals surface area contributed by atoms with E-state index in [1.807, 2.05) is 37.3 Å². The molecule has 0 bridgehead atoms. The van der Waals surface area contributed by atoms with Crippen LogP contribution in [0.25, 0.3) is 10.9 Å². The molecule has 1 aromatic heterocycles. The van der Waals surface area contributed by atoms with Crippen LogP contribution in [0.15, 0.2) is 53.6 Å². The Morgan fingerprint density at radius 2 is 1.89 bits per heavy atom. The summed E-state index contributed by atoms with van der Waals surface area (Å²) in [7, 11) is 1.53. The maximum atomic E-state index is 12.4.